The highest BCUT2D eigenvalue weighted by Crippen LogP contribution is 2.30. The van der Waals surface area contributed by atoms with E-state index < -0.39 is 0 Å². The Bertz CT molecular complexity index is 666. The van der Waals surface area contributed by atoms with E-state index in [1.54, 1.807) is 6.26 Å². The number of ether oxygens (including phenoxy) is 1. The Morgan fingerprint density at radius 1 is 1.39 bits per heavy atom. The molecule has 3 rings (SSSR count). The molecule has 5 nitrogen and oxygen atoms in total. The molecule has 1 aliphatic carbocycles. The summed E-state index contributed by atoms with van der Waals surface area (Å²) in [6.07, 6.45) is 4.62. The second-order valence-electron chi connectivity index (χ2n) is 5.81. The normalized spacial score (nSPS) is 16.5. The number of aryl methyl sites for hydroxylation is 2. The maximum absolute atomic E-state index is 12.0. The first kappa shape index (κ1) is 15.5. The van der Waals surface area contributed by atoms with Crippen molar-refractivity contribution in [3.63, 3.8) is 0 Å². The van der Waals surface area contributed by atoms with Gasteiger partial charge >= 0.3 is 6.03 Å². The second kappa shape index (κ2) is 7.22. The molecule has 2 amide bonds. The zero-order valence-corrected chi connectivity index (χ0v) is 13.3. The fourth-order valence-electron chi connectivity index (χ4n) is 2.88. The van der Waals surface area contributed by atoms with Gasteiger partial charge in [-0.3, -0.25) is 0 Å². The number of fused-ring (bicyclic) bond motifs is 1. The van der Waals surface area contributed by atoms with E-state index in [-0.39, 0.29) is 12.1 Å². The molecule has 1 unspecified atom stereocenters. The van der Waals surface area contributed by atoms with Gasteiger partial charge < -0.3 is 19.8 Å². The largest absolute Gasteiger partial charge is 0.492 e. The van der Waals surface area contributed by atoms with E-state index in [9.17, 15) is 4.79 Å². The van der Waals surface area contributed by atoms with Crippen molar-refractivity contribution in [2.24, 2.45) is 0 Å². The molecule has 0 bridgehead atoms. The molecule has 0 fully saturated rings. The van der Waals surface area contributed by atoms with Crippen molar-refractivity contribution in [2.45, 2.75) is 32.2 Å². The van der Waals surface area contributed by atoms with Crippen molar-refractivity contribution in [1.82, 2.24) is 10.6 Å². The predicted molar refractivity (Wildman–Crippen MR) is 87.6 cm³/mol. The molecular formula is C18H22N2O3. The minimum atomic E-state index is -0.170. The zero-order valence-electron chi connectivity index (χ0n) is 13.3. The van der Waals surface area contributed by atoms with Gasteiger partial charge in [-0.05, 0) is 43.5 Å². The minimum absolute atomic E-state index is 0.0372. The summed E-state index contributed by atoms with van der Waals surface area (Å²) in [5.74, 6) is 1.81. The van der Waals surface area contributed by atoms with Crippen molar-refractivity contribution in [1.29, 1.82) is 0 Å². The number of carbonyl (C=O) groups excluding carboxylic acids is 1. The van der Waals surface area contributed by atoms with Crippen molar-refractivity contribution >= 4 is 6.03 Å². The van der Waals surface area contributed by atoms with E-state index in [1.165, 1.54) is 0 Å². The van der Waals surface area contributed by atoms with Crippen LogP contribution in [0.3, 0.4) is 0 Å². The summed E-state index contributed by atoms with van der Waals surface area (Å²) in [6.45, 7) is 2.93. The monoisotopic (exact) mass is 314 g/mol. The number of amides is 2. The van der Waals surface area contributed by atoms with Crippen LogP contribution in [0.4, 0.5) is 4.79 Å². The van der Waals surface area contributed by atoms with Gasteiger partial charge in [0, 0.05) is 12.0 Å². The number of benzene rings is 1. The first-order valence-electron chi connectivity index (χ1n) is 8.02. The Balaban J connectivity index is 1.41. The Morgan fingerprint density at radius 3 is 3.17 bits per heavy atom. The zero-order chi connectivity index (χ0) is 16.1. The molecule has 0 spiro atoms. The van der Waals surface area contributed by atoms with Gasteiger partial charge in [0.2, 0.25) is 0 Å². The average Bonchev–Trinajstić information content (AvgIpc) is 3.01. The topological polar surface area (TPSA) is 63.5 Å². The van der Waals surface area contributed by atoms with Gasteiger partial charge in [-0.15, -0.1) is 0 Å². The lowest BCUT2D eigenvalue weighted by Crippen LogP contribution is -2.40. The Hall–Kier alpha value is -2.43. The molecule has 1 aliphatic rings. The summed E-state index contributed by atoms with van der Waals surface area (Å²) in [4.78, 5) is 12.0. The van der Waals surface area contributed by atoms with Crippen LogP contribution in [0.1, 0.15) is 35.8 Å². The van der Waals surface area contributed by atoms with Crippen molar-refractivity contribution < 1.29 is 13.9 Å². The highest BCUT2D eigenvalue weighted by atomic mass is 16.5. The molecule has 0 radical (unpaired) electrons. The van der Waals surface area contributed by atoms with Crippen LogP contribution < -0.4 is 15.4 Å². The third-order valence-corrected chi connectivity index (χ3v) is 4.00. The molecule has 23 heavy (non-hydrogen) atoms. The van der Waals surface area contributed by atoms with Gasteiger partial charge in [-0.1, -0.05) is 12.1 Å². The summed E-state index contributed by atoms with van der Waals surface area (Å²) < 4.78 is 11.0. The van der Waals surface area contributed by atoms with Gasteiger partial charge in [0.25, 0.3) is 0 Å². The van der Waals surface area contributed by atoms with Gasteiger partial charge in [0.05, 0.1) is 18.8 Å². The number of urea groups is 1. The smallest absolute Gasteiger partial charge is 0.315 e. The van der Waals surface area contributed by atoms with E-state index in [2.05, 4.69) is 10.6 Å². The van der Waals surface area contributed by atoms with Crippen molar-refractivity contribution in [3.05, 3.63) is 53.5 Å². The third kappa shape index (κ3) is 4.06. The number of hydrogen-bond acceptors (Lipinski definition) is 3. The maximum atomic E-state index is 12.0. The standard InChI is InChI=1S/C18H22N2O3/c1-13-4-2-5-14(12-13)22-11-9-19-18(21)20-16-6-3-7-17-15(16)8-10-23-17/h2,4-5,8,10,12,16H,3,6-7,9,11H2,1H3,(H2,19,20,21). The molecule has 0 saturated heterocycles. The second-order valence-corrected chi connectivity index (χ2v) is 5.81. The van der Waals surface area contributed by atoms with Crippen LogP contribution >= 0.6 is 0 Å². The summed E-state index contributed by atoms with van der Waals surface area (Å²) in [7, 11) is 0. The SMILES string of the molecule is Cc1cccc(OCCNC(=O)NC2CCCc3occc32)c1. The molecular weight excluding hydrogens is 292 g/mol. The lowest BCUT2D eigenvalue weighted by Gasteiger charge is -2.22. The van der Waals surface area contributed by atoms with E-state index in [0.29, 0.717) is 13.2 Å². The first-order chi connectivity index (χ1) is 11.2. The molecule has 1 aromatic heterocycles. The van der Waals surface area contributed by atoms with Crippen LogP contribution in [-0.2, 0) is 6.42 Å². The lowest BCUT2D eigenvalue weighted by atomic mass is 9.93. The highest BCUT2D eigenvalue weighted by Gasteiger charge is 2.23. The molecule has 2 N–H and O–H groups in total. The van der Waals surface area contributed by atoms with Crippen LogP contribution in [0.15, 0.2) is 41.0 Å². The summed E-state index contributed by atoms with van der Waals surface area (Å²) in [5, 5.41) is 5.84. The van der Waals surface area contributed by atoms with Gasteiger partial charge in [-0.2, -0.15) is 0 Å². The summed E-state index contributed by atoms with van der Waals surface area (Å²) in [6, 6.07) is 9.67. The molecule has 1 aromatic carbocycles. The average molecular weight is 314 g/mol. The lowest BCUT2D eigenvalue weighted by molar-refractivity contribution is 0.231. The van der Waals surface area contributed by atoms with Crippen LogP contribution in [0.5, 0.6) is 5.75 Å². The summed E-state index contributed by atoms with van der Waals surface area (Å²) in [5.41, 5.74) is 2.25. The minimum Gasteiger partial charge on any atom is -0.492 e. The van der Waals surface area contributed by atoms with Crippen LogP contribution in [0.25, 0.3) is 0 Å². The molecule has 122 valence electrons. The Kier molecular flexibility index (Phi) is 4.86. The fraction of sp³-hybridized carbons (Fsp3) is 0.389. The maximum Gasteiger partial charge on any atom is 0.315 e. The third-order valence-electron chi connectivity index (χ3n) is 4.00. The molecule has 0 aliphatic heterocycles. The Morgan fingerprint density at radius 2 is 2.30 bits per heavy atom. The first-order valence-corrected chi connectivity index (χ1v) is 8.02. The van der Waals surface area contributed by atoms with Crippen molar-refractivity contribution in [3.8, 4) is 5.75 Å². The molecule has 5 heteroatoms. The number of rotatable bonds is 5. The van der Waals surface area contributed by atoms with Crippen molar-refractivity contribution in [2.75, 3.05) is 13.2 Å². The van der Waals surface area contributed by atoms with Gasteiger partial charge in [0.1, 0.15) is 18.1 Å². The fourth-order valence-corrected chi connectivity index (χ4v) is 2.88. The number of hydrogen-bond donors (Lipinski definition) is 2. The van der Waals surface area contributed by atoms with Crippen LogP contribution in [-0.4, -0.2) is 19.2 Å². The van der Waals surface area contributed by atoms with Gasteiger partial charge in [0.15, 0.2) is 0 Å². The number of furan rings is 1. The van der Waals surface area contributed by atoms with E-state index >= 15 is 0 Å². The highest BCUT2D eigenvalue weighted by molar-refractivity contribution is 5.74. The quantitative estimate of drug-likeness (QED) is 0.832. The Labute approximate surface area is 136 Å². The molecule has 1 atom stereocenters. The summed E-state index contributed by atoms with van der Waals surface area (Å²) >= 11 is 0. The molecule has 2 aromatic rings. The molecule has 1 heterocycles. The predicted octanol–water partition coefficient (Wildman–Crippen LogP) is 3.34. The van der Waals surface area contributed by atoms with E-state index in [4.69, 9.17) is 9.15 Å². The molecule has 0 saturated carbocycles. The van der Waals surface area contributed by atoms with Crippen LogP contribution in [0.2, 0.25) is 0 Å². The van der Waals surface area contributed by atoms with E-state index in [1.807, 2.05) is 37.3 Å². The van der Waals surface area contributed by atoms with Crippen LogP contribution in [0, 0.1) is 6.92 Å². The number of carbonyl (C=O) groups is 1. The van der Waals surface area contributed by atoms with Gasteiger partial charge in [-0.25, -0.2) is 4.79 Å². The number of nitrogens with one attached hydrogen (secondary N) is 2. The van der Waals surface area contributed by atoms with E-state index in [0.717, 1.165) is 41.9 Å².